The molecule has 1 saturated heterocycles. The third kappa shape index (κ3) is 4.78. The van der Waals surface area contributed by atoms with Crippen molar-refractivity contribution in [2.45, 2.75) is 31.2 Å². The Morgan fingerprint density at radius 2 is 2.09 bits per heavy atom. The average Bonchev–Trinajstić information content (AvgIpc) is 3.27. The molecule has 3 aromatic rings. The fraction of sp³-hybridized carbons (Fsp3) is 0.333. The Morgan fingerprint density at radius 3 is 2.81 bits per heavy atom. The van der Waals surface area contributed by atoms with Gasteiger partial charge in [-0.25, -0.2) is 18.1 Å². The maximum absolute atomic E-state index is 13.0. The molecule has 0 amide bonds. The molecule has 1 aliphatic heterocycles. The smallest absolute Gasteiger partial charge is 0.294 e. The molecule has 2 aromatic carbocycles. The van der Waals surface area contributed by atoms with Gasteiger partial charge in [-0.1, -0.05) is 19.1 Å². The standard InChI is InChI=1S/C21H24N6O4S/c1-16-4-3-9-26(12-16)32(30,31)19-7-8-20(21(11-19)27(28)29)24-18-6-2-5-17(10-18)13-25-15-22-14-23-25/h2,5-8,10-11,14-16,24H,3-4,9,12-13H2,1H3/t16-/m0/s1. The molecular weight excluding hydrogens is 432 g/mol. The minimum absolute atomic E-state index is 0.0659. The predicted molar refractivity (Wildman–Crippen MR) is 119 cm³/mol. The molecule has 2 heterocycles. The second-order valence-corrected chi connectivity index (χ2v) is 9.90. The Kier molecular flexibility index (Phi) is 6.19. The number of nitro benzene ring substituents is 1. The lowest BCUT2D eigenvalue weighted by Crippen LogP contribution is -2.39. The van der Waals surface area contributed by atoms with Crippen molar-refractivity contribution in [3.63, 3.8) is 0 Å². The zero-order chi connectivity index (χ0) is 22.7. The second kappa shape index (κ2) is 9.05. The van der Waals surface area contributed by atoms with Crippen LogP contribution in [0.2, 0.25) is 0 Å². The van der Waals surface area contributed by atoms with Gasteiger partial charge in [0.05, 0.1) is 16.4 Å². The zero-order valence-corrected chi connectivity index (χ0v) is 18.4. The van der Waals surface area contributed by atoms with E-state index in [0.717, 1.165) is 24.5 Å². The predicted octanol–water partition coefficient (Wildman–Crippen LogP) is 3.40. The first-order chi connectivity index (χ1) is 15.3. The molecule has 0 aliphatic carbocycles. The Morgan fingerprint density at radius 1 is 1.25 bits per heavy atom. The normalized spacial score (nSPS) is 17.2. The summed E-state index contributed by atoms with van der Waals surface area (Å²) in [5, 5.41) is 18.9. The van der Waals surface area contributed by atoms with Crippen LogP contribution in [0, 0.1) is 16.0 Å². The molecule has 0 radical (unpaired) electrons. The van der Waals surface area contributed by atoms with Crippen LogP contribution >= 0.6 is 0 Å². The van der Waals surface area contributed by atoms with Gasteiger partial charge in [0, 0.05) is 24.8 Å². The summed E-state index contributed by atoms with van der Waals surface area (Å²) in [6.45, 7) is 3.37. The molecule has 1 aliphatic rings. The van der Waals surface area contributed by atoms with E-state index in [2.05, 4.69) is 15.4 Å². The van der Waals surface area contributed by atoms with E-state index in [9.17, 15) is 18.5 Å². The van der Waals surface area contributed by atoms with E-state index in [4.69, 9.17) is 0 Å². The van der Waals surface area contributed by atoms with Crippen molar-refractivity contribution in [3.8, 4) is 0 Å². The first-order valence-corrected chi connectivity index (χ1v) is 11.7. The first-order valence-electron chi connectivity index (χ1n) is 10.3. The number of benzene rings is 2. The van der Waals surface area contributed by atoms with Crippen LogP contribution in [0.25, 0.3) is 0 Å². The van der Waals surface area contributed by atoms with Crippen molar-refractivity contribution < 1.29 is 13.3 Å². The van der Waals surface area contributed by atoms with Crippen LogP contribution in [-0.2, 0) is 16.6 Å². The minimum Gasteiger partial charge on any atom is -0.350 e. The van der Waals surface area contributed by atoms with Crippen molar-refractivity contribution in [2.24, 2.45) is 5.92 Å². The number of nitro groups is 1. The molecule has 1 atom stereocenters. The molecule has 32 heavy (non-hydrogen) atoms. The van der Waals surface area contributed by atoms with Crippen LogP contribution < -0.4 is 5.32 Å². The number of piperidine rings is 1. The largest absolute Gasteiger partial charge is 0.350 e. The van der Waals surface area contributed by atoms with Crippen LogP contribution in [0.5, 0.6) is 0 Å². The van der Waals surface area contributed by atoms with Crippen LogP contribution in [0.4, 0.5) is 17.1 Å². The molecule has 11 heteroatoms. The van der Waals surface area contributed by atoms with Crippen LogP contribution in [0.15, 0.2) is 60.0 Å². The molecule has 1 fully saturated rings. The van der Waals surface area contributed by atoms with Gasteiger partial charge in [-0.15, -0.1) is 0 Å². The second-order valence-electron chi connectivity index (χ2n) is 7.96. The highest BCUT2D eigenvalue weighted by atomic mass is 32.2. The topological polar surface area (TPSA) is 123 Å². The fourth-order valence-corrected chi connectivity index (χ4v) is 5.47. The number of aromatic nitrogens is 3. The van der Waals surface area contributed by atoms with E-state index >= 15 is 0 Å². The van der Waals surface area contributed by atoms with Gasteiger partial charge in [-0.3, -0.25) is 10.1 Å². The van der Waals surface area contributed by atoms with Gasteiger partial charge in [0.25, 0.3) is 5.69 Å². The summed E-state index contributed by atoms with van der Waals surface area (Å²) in [4.78, 5) is 15.0. The number of rotatable bonds is 7. The number of nitrogens with one attached hydrogen (secondary N) is 1. The quantitative estimate of drug-likeness (QED) is 0.427. The molecule has 0 unspecified atom stereocenters. The molecule has 1 N–H and O–H groups in total. The molecule has 10 nitrogen and oxygen atoms in total. The zero-order valence-electron chi connectivity index (χ0n) is 17.6. The highest BCUT2D eigenvalue weighted by Gasteiger charge is 2.30. The molecular formula is C21H24N6O4S. The highest BCUT2D eigenvalue weighted by molar-refractivity contribution is 7.89. The summed E-state index contributed by atoms with van der Waals surface area (Å²) >= 11 is 0. The van der Waals surface area contributed by atoms with Gasteiger partial charge in [0.15, 0.2) is 0 Å². The van der Waals surface area contributed by atoms with Crippen molar-refractivity contribution in [1.82, 2.24) is 19.1 Å². The monoisotopic (exact) mass is 456 g/mol. The van der Waals surface area contributed by atoms with Gasteiger partial charge in [-0.05, 0) is 48.6 Å². The van der Waals surface area contributed by atoms with Crippen molar-refractivity contribution >= 4 is 27.1 Å². The van der Waals surface area contributed by atoms with Gasteiger partial charge < -0.3 is 5.32 Å². The Bertz CT molecular complexity index is 1210. The van der Waals surface area contributed by atoms with Gasteiger partial charge in [0.2, 0.25) is 10.0 Å². The third-order valence-electron chi connectivity index (χ3n) is 5.44. The van der Waals surface area contributed by atoms with E-state index in [1.807, 2.05) is 25.1 Å². The number of hydrogen-bond donors (Lipinski definition) is 1. The Hall–Kier alpha value is -3.31. The Balaban J connectivity index is 1.59. The summed E-state index contributed by atoms with van der Waals surface area (Å²) in [5.74, 6) is 0.263. The lowest BCUT2D eigenvalue weighted by molar-refractivity contribution is -0.384. The number of sulfonamides is 1. The van der Waals surface area contributed by atoms with Gasteiger partial charge in [0.1, 0.15) is 18.3 Å². The summed E-state index contributed by atoms with van der Waals surface area (Å²) in [6.07, 6.45) is 4.82. The van der Waals surface area contributed by atoms with E-state index in [-0.39, 0.29) is 22.2 Å². The van der Waals surface area contributed by atoms with E-state index < -0.39 is 14.9 Å². The van der Waals surface area contributed by atoms with E-state index in [0.29, 0.717) is 25.3 Å². The SMILES string of the molecule is C[C@H]1CCCN(S(=O)(=O)c2ccc(Nc3cccc(Cn4cncn4)c3)c([N+](=O)[O-])c2)C1. The van der Waals surface area contributed by atoms with Crippen molar-refractivity contribution in [2.75, 3.05) is 18.4 Å². The molecule has 4 rings (SSSR count). The van der Waals surface area contributed by atoms with Crippen molar-refractivity contribution in [1.29, 1.82) is 0 Å². The molecule has 0 bridgehead atoms. The number of nitrogens with zero attached hydrogens (tertiary/aromatic N) is 5. The van der Waals surface area contributed by atoms with Crippen LogP contribution in [0.1, 0.15) is 25.3 Å². The summed E-state index contributed by atoms with van der Waals surface area (Å²) in [7, 11) is -3.79. The highest BCUT2D eigenvalue weighted by Crippen LogP contribution is 2.32. The third-order valence-corrected chi connectivity index (χ3v) is 7.30. The average molecular weight is 457 g/mol. The van der Waals surface area contributed by atoms with Crippen LogP contribution in [0.3, 0.4) is 0 Å². The number of hydrogen-bond acceptors (Lipinski definition) is 7. The number of anilines is 2. The maximum atomic E-state index is 13.0. The molecule has 168 valence electrons. The Labute approximate surface area is 186 Å². The maximum Gasteiger partial charge on any atom is 0.294 e. The summed E-state index contributed by atoms with van der Waals surface area (Å²) < 4.78 is 29.2. The summed E-state index contributed by atoms with van der Waals surface area (Å²) in [6, 6.07) is 11.4. The van der Waals surface area contributed by atoms with E-state index in [1.54, 1.807) is 17.1 Å². The van der Waals surface area contributed by atoms with E-state index in [1.165, 1.54) is 22.8 Å². The summed E-state index contributed by atoms with van der Waals surface area (Å²) in [5.41, 5.74) is 1.50. The fourth-order valence-electron chi connectivity index (χ4n) is 3.85. The lowest BCUT2D eigenvalue weighted by Gasteiger charge is -2.30. The lowest BCUT2D eigenvalue weighted by atomic mass is 10.0. The molecule has 0 saturated carbocycles. The first kappa shape index (κ1) is 21.9. The minimum atomic E-state index is -3.79. The van der Waals surface area contributed by atoms with Crippen molar-refractivity contribution in [3.05, 3.63) is 70.8 Å². The van der Waals surface area contributed by atoms with Gasteiger partial charge in [-0.2, -0.15) is 9.40 Å². The van der Waals surface area contributed by atoms with Gasteiger partial charge >= 0.3 is 0 Å². The molecule has 1 aromatic heterocycles. The van der Waals surface area contributed by atoms with Crippen LogP contribution in [-0.4, -0.2) is 45.5 Å². The molecule has 0 spiro atoms.